The lowest BCUT2D eigenvalue weighted by atomic mass is 9.76. The van der Waals surface area contributed by atoms with Gasteiger partial charge in [-0.25, -0.2) is 0 Å². The average Bonchev–Trinajstić information content (AvgIpc) is 3.03. The molecule has 0 N–H and O–H groups in total. The predicted molar refractivity (Wildman–Crippen MR) is 103 cm³/mol. The summed E-state index contributed by atoms with van der Waals surface area (Å²) in [6.07, 6.45) is 0. The maximum absolute atomic E-state index is 6.36. The van der Waals surface area contributed by atoms with E-state index in [0.717, 1.165) is 5.46 Å². The predicted octanol–water partition coefficient (Wildman–Crippen LogP) is 4.87. The lowest BCUT2D eigenvalue weighted by Gasteiger charge is -2.32. The Balaban J connectivity index is 1.92. The summed E-state index contributed by atoms with van der Waals surface area (Å²) < 4.78 is 14.0. The Labute approximate surface area is 147 Å². The number of hydrogen-bond acceptors (Lipinski definition) is 3. The van der Waals surface area contributed by atoms with Crippen LogP contribution in [-0.4, -0.2) is 18.3 Å². The second-order valence-corrected chi connectivity index (χ2v) is 8.35. The monoisotopic (exact) mass is 336 g/mol. The van der Waals surface area contributed by atoms with Crippen molar-refractivity contribution in [3.63, 3.8) is 0 Å². The second kappa shape index (κ2) is 5.45. The summed E-state index contributed by atoms with van der Waals surface area (Å²) in [5.74, 6) is 0. The Morgan fingerprint density at radius 3 is 2.04 bits per heavy atom. The lowest BCUT2D eigenvalue weighted by Crippen LogP contribution is -2.41. The number of thiophene rings is 1. The Kier molecular flexibility index (Phi) is 3.61. The Morgan fingerprint density at radius 1 is 0.792 bits per heavy atom. The highest BCUT2D eigenvalue weighted by atomic mass is 32.1. The van der Waals surface area contributed by atoms with E-state index in [0.29, 0.717) is 0 Å². The minimum atomic E-state index is -0.346. The number of rotatable bonds is 2. The molecule has 4 rings (SSSR count). The average molecular weight is 336 g/mol. The topological polar surface area (TPSA) is 18.5 Å². The van der Waals surface area contributed by atoms with Crippen LogP contribution in [0, 0.1) is 0 Å². The van der Waals surface area contributed by atoms with Crippen molar-refractivity contribution in [2.45, 2.75) is 38.9 Å². The highest BCUT2D eigenvalue weighted by molar-refractivity contribution is 7.24. The van der Waals surface area contributed by atoms with Crippen LogP contribution >= 0.6 is 11.3 Å². The van der Waals surface area contributed by atoms with Gasteiger partial charge in [0.05, 0.1) is 11.2 Å². The van der Waals surface area contributed by atoms with E-state index in [1.165, 1.54) is 20.5 Å². The maximum Gasteiger partial charge on any atom is 0.496 e. The lowest BCUT2D eigenvalue weighted by molar-refractivity contribution is 0.00578. The normalized spacial score (nSPS) is 19.1. The molecule has 1 aliphatic heterocycles. The third-order valence-corrected chi connectivity index (χ3v) is 6.39. The van der Waals surface area contributed by atoms with Crippen molar-refractivity contribution in [3.05, 3.63) is 54.6 Å². The molecule has 0 radical (unpaired) electrons. The van der Waals surface area contributed by atoms with E-state index in [1.807, 2.05) is 6.07 Å². The molecule has 24 heavy (non-hydrogen) atoms. The van der Waals surface area contributed by atoms with Crippen molar-refractivity contribution in [3.8, 4) is 10.4 Å². The van der Waals surface area contributed by atoms with Crippen LogP contribution in [-0.2, 0) is 9.31 Å². The van der Waals surface area contributed by atoms with Crippen molar-refractivity contribution >= 4 is 34.0 Å². The summed E-state index contributed by atoms with van der Waals surface area (Å²) in [6, 6.07) is 19.0. The van der Waals surface area contributed by atoms with E-state index in [2.05, 4.69) is 76.2 Å². The Bertz CT molecular complexity index is 867. The van der Waals surface area contributed by atoms with Crippen LogP contribution in [0.5, 0.6) is 0 Å². The van der Waals surface area contributed by atoms with Gasteiger partial charge < -0.3 is 9.31 Å². The van der Waals surface area contributed by atoms with E-state index in [9.17, 15) is 0 Å². The van der Waals surface area contributed by atoms with Crippen LogP contribution in [0.15, 0.2) is 54.6 Å². The molecule has 2 nitrogen and oxygen atoms in total. The van der Waals surface area contributed by atoms with E-state index in [4.69, 9.17) is 9.31 Å². The molecule has 4 heteroatoms. The van der Waals surface area contributed by atoms with Crippen molar-refractivity contribution in [1.29, 1.82) is 0 Å². The van der Waals surface area contributed by atoms with Crippen LogP contribution < -0.4 is 5.46 Å². The molecule has 0 bridgehead atoms. The van der Waals surface area contributed by atoms with E-state index in [-0.39, 0.29) is 18.3 Å². The van der Waals surface area contributed by atoms with E-state index < -0.39 is 0 Å². The molecule has 2 heterocycles. The fraction of sp³-hybridized carbons (Fsp3) is 0.300. The van der Waals surface area contributed by atoms with Gasteiger partial charge in [-0.15, -0.1) is 11.3 Å². The van der Waals surface area contributed by atoms with Gasteiger partial charge in [-0.05, 0) is 44.7 Å². The first kappa shape index (κ1) is 15.9. The zero-order valence-electron chi connectivity index (χ0n) is 14.5. The SMILES string of the molecule is CC1(C)OB(c2c(-c3ccccc3)sc3ccccc23)OC1(C)C. The molecule has 1 aliphatic rings. The van der Waals surface area contributed by atoms with Crippen LogP contribution in [0.1, 0.15) is 27.7 Å². The molecular weight excluding hydrogens is 315 g/mol. The summed E-state index contributed by atoms with van der Waals surface area (Å²) in [7, 11) is -0.346. The maximum atomic E-state index is 6.36. The van der Waals surface area contributed by atoms with Crippen LogP contribution in [0.25, 0.3) is 20.5 Å². The van der Waals surface area contributed by atoms with Gasteiger partial charge in [-0.2, -0.15) is 0 Å². The zero-order chi connectivity index (χ0) is 16.9. The molecule has 122 valence electrons. The van der Waals surface area contributed by atoms with Crippen LogP contribution in [0.4, 0.5) is 0 Å². The third kappa shape index (κ3) is 2.41. The fourth-order valence-electron chi connectivity index (χ4n) is 3.06. The van der Waals surface area contributed by atoms with Gasteiger partial charge in [-0.1, -0.05) is 48.5 Å². The molecule has 2 aromatic carbocycles. The van der Waals surface area contributed by atoms with Gasteiger partial charge >= 0.3 is 7.12 Å². The molecule has 1 aromatic heterocycles. The first-order valence-corrected chi connectivity index (χ1v) is 9.13. The molecule has 0 amide bonds. The molecular formula is C20H21BO2S. The van der Waals surface area contributed by atoms with Gasteiger partial charge in [0.2, 0.25) is 0 Å². The van der Waals surface area contributed by atoms with Gasteiger partial charge in [0.1, 0.15) is 0 Å². The zero-order valence-corrected chi connectivity index (χ0v) is 15.3. The molecule has 0 spiro atoms. The molecule has 1 saturated heterocycles. The van der Waals surface area contributed by atoms with E-state index >= 15 is 0 Å². The molecule has 1 fully saturated rings. The minimum Gasteiger partial charge on any atom is -0.399 e. The fourth-order valence-corrected chi connectivity index (χ4v) is 4.29. The summed E-state index contributed by atoms with van der Waals surface area (Å²) in [6.45, 7) is 8.40. The molecule has 0 unspecified atom stereocenters. The standard InChI is InChI=1S/C20H21BO2S/c1-19(2)20(3,4)23-21(22-19)17-15-12-8-9-13-16(15)24-18(17)14-10-6-5-7-11-14/h5-13H,1-4H3. The minimum absolute atomic E-state index is 0.339. The number of hydrogen-bond donors (Lipinski definition) is 0. The molecule has 0 saturated carbocycles. The number of benzene rings is 2. The van der Waals surface area contributed by atoms with Crippen LogP contribution in [0.3, 0.4) is 0 Å². The second-order valence-electron chi connectivity index (χ2n) is 7.30. The summed E-state index contributed by atoms with van der Waals surface area (Å²) in [5, 5.41) is 1.22. The Hall–Kier alpha value is -1.62. The van der Waals surface area contributed by atoms with Crippen LogP contribution in [0.2, 0.25) is 0 Å². The summed E-state index contributed by atoms with van der Waals surface area (Å²) in [5.41, 5.74) is 1.69. The molecule has 0 atom stereocenters. The number of fused-ring (bicyclic) bond motifs is 1. The van der Waals surface area contributed by atoms with Crippen molar-refractivity contribution in [2.24, 2.45) is 0 Å². The smallest absolute Gasteiger partial charge is 0.399 e. The highest BCUT2D eigenvalue weighted by Crippen LogP contribution is 2.40. The summed E-state index contributed by atoms with van der Waals surface area (Å²) >= 11 is 1.80. The first-order chi connectivity index (χ1) is 11.4. The largest absolute Gasteiger partial charge is 0.496 e. The van der Waals surface area contributed by atoms with Crippen molar-refractivity contribution < 1.29 is 9.31 Å². The van der Waals surface area contributed by atoms with Gasteiger partial charge in [0, 0.05) is 15.0 Å². The third-order valence-electron chi connectivity index (χ3n) is 5.16. The molecule has 0 aliphatic carbocycles. The van der Waals surface area contributed by atoms with Gasteiger partial charge in [-0.3, -0.25) is 0 Å². The van der Waals surface area contributed by atoms with Gasteiger partial charge in [0.15, 0.2) is 0 Å². The first-order valence-electron chi connectivity index (χ1n) is 8.31. The molecule has 3 aromatic rings. The van der Waals surface area contributed by atoms with Crippen molar-refractivity contribution in [2.75, 3.05) is 0 Å². The van der Waals surface area contributed by atoms with E-state index in [1.54, 1.807) is 11.3 Å². The van der Waals surface area contributed by atoms with Gasteiger partial charge in [0.25, 0.3) is 0 Å². The highest BCUT2D eigenvalue weighted by Gasteiger charge is 2.53. The Morgan fingerprint density at radius 2 is 1.38 bits per heavy atom. The quantitative estimate of drug-likeness (QED) is 0.622. The van der Waals surface area contributed by atoms with Crippen molar-refractivity contribution in [1.82, 2.24) is 0 Å². The summed E-state index contributed by atoms with van der Waals surface area (Å²) in [4.78, 5) is 1.23.